The van der Waals surface area contributed by atoms with Gasteiger partial charge in [-0.15, -0.1) is 0 Å². The molecule has 156 valence electrons. The molecule has 0 unspecified atom stereocenters. The second kappa shape index (κ2) is 9.85. The molecule has 10 heteroatoms. The van der Waals surface area contributed by atoms with Crippen LogP contribution in [0.5, 0.6) is 0 Å². The number of morpholine rings is 1. The summed E-state index contributed by atoms with van der Waals surface area (Å²) in [4.78, 5) is 23.6. The Morgan fingerprint density at radius 3 is 2.32 bits per heavy atom. The highest BCUT2D eigenvalue weighted by molar-refractivity contribution is 7.89. The van der Waals surface area contributed by atoms with E-state index in [0.717, 1.165) is 5.56 Å². The number of benzene rings is 1. The van der Waals surface area contributed by atoms with Gasteiger partial charge in [0.2, 0.25) is 15.9 Å². The van der Waals surface area contributed by atoms with E-state index >= 15 is 0 Å². The molecule has 2 rings (SSSR count). The highest BCUT2D eigenvalue weighted by Crippen LogP contribution is 2.17. The minimum Gasteiger partial charge on any atom is -0.379 e. The van der Waals surface area contributed by atoms with E-state index in [-0.39, 0.29) is 23.3 Å². The fourth-order valence-electron chi connectivity index (χ4n) is 2.90. The monoisotopic (exact) mass is 412 g/mol. The number of primary amides is 1. The fraction of sp³-hybridized carbons (Fsp3) is 0.556. The number of rotatable bonds is 8. The maximum Gasteiger partial charge on any atom is 0.312 e. The Morgan fingerprint density at radius 1 is 1.18 bits per heavy atom. The first kappa shape index (κ1) is 22.1. The number of nitrogens with two attached hydrogens (primary N) is 1. The number of amides is 3. The van der Waals surface area contributed by atoms with E-state index in [1.807, 2.05) is 13.8 Å². The molecular weight excluding hydrogens is 384 g/mol. The summed E-state index contributed by atoms with van der Waals surface area (Å²) < 4.78 is 31.8. The van der Waals surface area contributed by atoms with Gasteiger partial charge in [-0.25, -0.2) is 13.2 Å². The second-order valence-corrected chi connectivity index (χ2v) is 9.01. The summed E-state index contributed by atoms with van der Waals surface area (Å²) in [6.07, 6.45) is 0.464. The van der Waals surface area contributed by atoms with Crippen LogP contribution < -0.4 is 16.4 Å². The number of nitrogens with zero attached hydrogens (tertiary/aromatic N) is 1. The van der Waals surface area contributed by atoms with Crippen molar-refractivity contribution in [3.63, 3.8) is 0 Å². The molecule has 1 atom stereocenters. The van der Waals surface area contributed by atoms with E-state index in [9.17, 15) is 18.0 Å². The van der Waals surface area contributed by atoms with E-state index in [4.69, 9.17) is 10.5 Å². The predicted octanol–water partition coefficient (Wildman–Crippen LogP) is 0.407. The molecular formula is C18H28N4O5S. The van der Waals surface area contributed by atoms with E-state index in [0.29, 0.717) is 32.7 Å². The third kappa shape index (κ3) is 6.18. The molecule has 4 N–H and O–H groups in total. The largest absolute Gasteiger partial charge is 0.379 e. The standard InChI is InChI=1S/C18H28N4O5S/c1-13(2)11-16(21-18(19)24)17(23)20-12-14-3-5-15(6-4-14)28(25,26)22-7-9-27-10-8-22/h3-6,13,16H,7-12H2,1-2H3,(H,20,23)(H3,19,21,24)/t16-/m0/s1. The molecule has 28 heavy (non-hydrogen) atoms. The van der Waals surface area contributed by atoms with Gasteiger partial charge in [0, 0.05) is 19.6 Å². The minimum atomic E-state index is -3.55. The summed E-state index contributed by atoms with van der Waals surface area (Å²) in [6.45, 7) is 5.55. The molecule has 0 spiro atoms. The Kier molecular flexibility index (Phi) is 7.78. The lowest BCUT2D eigenvalue weighted by Crippen LogP contribution is -2.49. The summed E-state index contributed by atoms with van der Waals surface area (Å²) in [7, 11) is -3.55. The highest BCUT2D eigenvalue weighted by atomic mass is 32.2. The van der Waals surface area contributed by atoms with Gasteiger partial charge in [-0.05, 0) is 30.0 Å². The van der Waals surface area contributed by atoms with Crippen LogP contribution in [0.3, 0.4) is 0 Å². The molecule has 1 heterocycles. The molecule has 0 bridgehead atoms. The summed E-state index contributed by atoms with van der Waals surface area (Å²) in [5.74, 6) is -0.134. The van der Waals surface area contributed by atoms with Gasteiger partial charge >= 0.3 is 6.03 Å². The Balaban J connectivity index is 1.97. The molecule has 0 radical (unpaired) electrons. The molecule has 0 aliphatic carbocycles. The topological polar surface area (TPSA) is 131 Å². The number of nitrogens with one attached hydrogen (secondary N) is 2. The van der Waals surface area contributed by atoms with Gasteiger partial charge in [-0.3, -0.25) is 4.79 Å². The second-order valence-electron chi connectivity index (χ2n) is 7.07. The van der Waals surface area contributed by atoms with Gasteiger partial charge in [-0.2, -0.15) is 4.31 Å². The SMILES string of the molecule is CC(C)C[C@H](NC(N)=O)C(=O)NCc1ccc(S(=O)(=O)N2CCOCC2)cc1. The quantitative estimate of drug-likeness (QED) is 0.569. The van der Waals surface area contributed by atoms with Crippen molar-refractivity contribution in [1.29, 1.82) is 0 Å². The number of carbonyl (C=O) groups is 2. The molecule has 1 aromatic carbocycles. The van der Waals surface area contributed by atoms with Crippen LogP contribution in [0, 0.1) is 5.92 Å². The molecule has 0 saturated carbocycles. The van der Waals surface area contributed by atoms with E-state index in [1.165, 1.54) is 16.4 Å². The van der Waals surface area contributed by atoms with Crippen molar-refractivity contribution in [3.05, 3.63) is 29.8 Å². The average Bonchev–Trinajstić information content (AvgIpc) is 2.66. The lowest BCUT2D eigenvalue weighted by molar-refractivity contribution is -0.123. The highest BCUT2D eigenvalue weighted by Gasteiger charge is 2.26. The minimum absolute atomic E-state index is 0.201. The molecule has 1 aliphatic rings. The number of carbonyl (C=O) groups excluding carboxylic acids is 2. The third-order valence-corrected chi connectivity index (χ3v) is 6.25. The lowest BCUT2D eigenvalue weighted by atomic mass is 10.0. The first-order valence-electron chi connectivity index (χ1n) is 9.20. The summed E-state index contributed by atoms with van der Waals surface area (Å²) >= 11 is 0. The Morgan fingerprint density at radius 2 is 1.79 bits per heavy atom. The molecule has 1 saturated heterocycles. The molecule has 1 fully saturated rings. The van der Waals surface area contributed by atoms with E-state index in [1.54, 1.807) is 12.1 Å². The smallest absolute Gasteiger partial charge is 0.312 e. The van der Waals surface area contributed by atoms with Crippen LogP contribution in [0.25, 0.3) is 0 Å². The normalized spacial score (nSPS) is 16.5. The van der Waals surface area contributed by atoms with Crippen LogP contribution in [0.4, 0.5) is 4.79 Å². The van der Waals surface area contributed by atoms with Crippen molar-refractivity contribution in [1.82, 2.24) is 14.9 Å². The van der Waals surface area contributed by atoms with E-state index < -0.39 is 22.1 Å². The molecule has 0 aromatic heterocycles. The summed E-state index contributed by atoms with van der Waals surface area (Å²) in [5, 5.41) is 5.19. The van der Waals surface area contributed by atoms with Crippen LogP contribution in [0.2, 0.25) is 0 Å². The number of urea groups is 1. The molecule has 1 aliphatic heterocycles. The zero-order valence-corrected chi connectivity index (χ0v) is 17.0. The molecule has 1 aromatic rings. The van der Waals surface area contributed by atoms with Crippen LogP contribution in [0.15, 0.2) is 29.2 Å². The van der Waals surface area contributed by atoms with Crippen LogP contribution in [-0.4, -0.2) is 57.0 Å². The van der Waals surface area contributed by atoms with Gasteiger partial charge in [0.1, 0.15) is 6.04 Å². The number of ether oxygens (including phenoxy) is 1. The Hall–Kier alpha value is -2.17. The number of hydrogen-bond donors (Lipinski definition) is 3. The van der Waals surface area contributed by atoms with Gasteiger partial charge in [-0.1, -0.05) is 26.0 Å². The van der Waals surface area contributed by atoms with Crippen LogP contribution >= 0.6 is 0 Å². The van der Waals surface area contributed by atoms with Crippen molar-refractivity contribution in [2.24, 2.45) is 11.7 Å². The Bertz CT molecular complexity index is 774. The van der Waals surface area contributed by atoms with Crippen molar-refractivity contribution < 1.29 is 22.7 Å². The van der Waals surface area contributed by atoms with Crippen LogP contribution in [0.1, 0.15) is 25.8 Å². The first-order chi connectivity index (χ1) is 13.2. The zero-order valence-electron chi connectivity index (χ0n) is 16.2. The first-order valence-corrected chi connectivity index (χ1v) is 10.6. The predicted molar refractivity (Wildman–Crippen MR) is 104 cm³/mol. The zero-order chi connectivity index (χ0) is 20.7. The van der Waals surface area contributed by atoms with Gasteiger partial charge in [0.05, 0.1) is 18.1 Å². The van der Waals surface area contributed by atoms with Crippen LogP contribution in [-0.2, 0) is 26.1 Å². The third-order valence-electron chi connectivity index (χ3n) is 4.34. The van der Waals surface area contributed by atoms with Gasteiger partial charge < -0.3 is 21.1 Å². The van der Waals surface area contributed by atoms with E-state index in [2.05, 4.69) is 10.6 Å². The summed E-state index contributed by atoms with van der Waals surface area (Å²) in [6, 6.07) is 4.91. The van der Waals surface area contributed by atoms with Gasteiger partial charge in [0.25, 0.3) is 0 Å². The average molecular weight is 413 g/mol. The van der Waals surface area contributed by atoms with Crippen molar-refractivity contribution in [2.75, 3.05) is 26.3 Å². The molecule has 9 nitrogen and oxygen atoms in total. The maximum atomic E-state index is 12.6. The number of hydrogen-bond acceptors (Lipinski definition) is 5. The fourth-order valence-corrected chi connectivity index (χ4v) is 4.31. The lowest BCUT2D eigenvalue weighted by Gasteiger charge is -2.26. The van der Waals surface area contributed by atoms with Crippen molar-refractivity contribution in [2.45, 2.75) is 37.8 Å². The summed E-state index contributed by atoms with van der Waals surface area (Å²) in [5.41, 5.74) is 5.88. The van der Waals surface area contributed by atoms with Crippen molar-refractivity contribution >= 4 is 22.0 Å². The maximum absolute atomic E-state index is 12.6. The van der Waals surface area contributed by atoms with Crippen molar-refractivity contribution in [3.8, 4) is 0 Å². The van der Waals surface area contributed by atoms with Gasteiger partial charge in [0.15, 0.2) is 0 Å². The number of sulfonamides is 1. The molecule has 3 amide bonds. The Labute approximate surface area is 165 Å².